The number of nitro groups is 1. The standard InChI is InChI=1S/C10H12FN3O5S/c11-8-1-2-9(10(7-8)14(15)16)12-20(17,18)13-3-5-19-6-4-13/h1-2,7,12H,3-6H2. The predicted octanol–water partition coefficient (Wildman–Crippen LogP) is 0.723. The summed E-state index contributed by atoms with van der Waals surface area (Å²) in [6, 6.07) is 2.63. The van der Waals surface area contributed by atoms with E-state index in [1.807, 2.05) is 0 Å². The first-order valence-corrected chi connectivity index (χ1v) is 7.14. The molecular weight excluding hydrogens is 293 g/mol. The molecule has 0 bridgehead atoms. The molecule has 1 fully saturated rings. The molecule has 1 N–H and O–H groups in total. The van der Waals surface area contributed by atoms with Crippen molar-refractivity contribution in [2.75, 3.05) is 31.0 Å². The summed E-state index contributed by atoms with van der Waals surface area (Å²) in [5.74, 6) is -0.814. The minimum atomic E-state index is -3.93. The summed E-state index contributed by atoms with van der Waals surface area (Å²) < 4.78 is 45.3. The van der Waals surface area contributed by atoms with Crippen molar-refractivity contribution in [2.45, 2.75) is 0 Å². The average Bonchev–Trinajstić information content (AvgIpc) is 2.41. The van der Waals surface area contributed by atoms with Crippen molar-refractivity contribution >= 4 is 21.6 Å². The van der Waals surface area contributed by atoms with E-state index < -0.39 is 26.6 Å². The summed E-state index contributed by atoms with van der Waals surface area (Å²) in [4.78, 5) is 9.96. The summed E-state index contributed by atoms with van der Waals surface area (Å²) in [5.41, 5.74) is -0.912. The molecule has 0 aromatic heterocycles. The Morgan fingerprint density at radius 2 is 2.00 bits per heavy atom. The zero-order valence-electron chi connectivity index (χ0n) is 10.3. The van der Waals surface area contributed by atoms with Crippen molar-refractivity contribution in [3.63, 3.8) is 0 Å². The number of halogens is 1. The SMILES string of the molecule is O=[N+]([O-])c1cc(F)ccc1NS(=O)(=O)N1CCOCC1. The number of rotatable bonds is 4. The number of nitrogens with zero attached hydrogens (tertiary/aromatic N) is 2. The van der Waals surface area contributed by atoms with Gasteiger partial charge in [0.2, 0.25) is 0 Å². The van der Waals surface area contributed by atoms with Gasteiger partial charge in [0.25, 0.3) is 5.69 Å². The molecule has 1 saturated heterocycles. The van der Waals surface area contributed by atoms with Gasteiger partial charge in [-0.05, 0) is 12.1 Å². The summed E-state index contributed by atoms with van der Waals surface area (Å²) in [7, 11) is -3.93. The van der Waals surface area contributed by atoms with Crippen LogP contribution in [0.4, 0.5) is 15.8 Å². The highest BCUT2D eigenvalue weighted by Crippen LogP contribution is 2.26. The number of ether oxygens (including phenoxy) is 1. The minimum absolute atomic E-state index is 0.157. The third-order valence-corrected chi connectivity index (χ3v) is 4.23. The van der Waals surface area contributed by atoms with Gasteiger partial charge in [0.05, 0.1) is 24.2 Å². The lowest BCUT2D eigenvalue weighted by atomic mass is 10.3. The van der Waals surface area contributed by atoms with Crippen molar-refractivity contribution in [1.29, 1.82) is 0 Å². The third kappa shape index (κ3) is 3.21. The van der Waals surface area contributed by atoms with Crippen molar-refractivity contribution < 1.29 is 22.5 Å². The van der Waals surface area contributed by atoms with Crippen molar-refractivity contribution in [3.8, 4) is 0 Å². The molecule has 1 aromatic rings. The Morgan fingerprint density at radius 1 is 1.35 bits per heavy atom. The molecule has 0 radical (unpaired) electrons. The van der Waals surface area contributed by atoms with Crippen molar-refractivity contribution in [3.05, 3.63) is 34.1 Å². The van der Waals surface area contributed by atoms with Gasteiger partial charge < -0.3 is 4.74 Å². The van der Waals surface area contributed by atoms with E-state index in [9.17, 15) is 22.9 Å². The maximum Gasteiger partial charge on any atom is 0.302 e. The van der Waals surface area contributed by atoms with Gasteiger partial charge in [-0.15, -0.1) is 0 Å². The predicted molar refractivity (Wildman–Crippen MR) is 68.0 cm³/mol. The summed E-state index contributed by atoms with van der Waals surface area (Å²) in [5, 5.41) is 10.8. The van der Waals surface area contributed by atoms with E-state index in [0.717, 1.165) is 16.4 Å². The van der Waals surface area contributed by atoms with Gasteiger partial charge in [-0.25, -0.2) is 4.39 Å². The van der Waals surface area contributed by atoms with Gasteiger partial charge in [-0.1, -0.05) is 0 Å². The van der Waals surface area contributed by atoms with E-state index in [4.69, 9.17) is 4.74 Å². The zero-order valence-corrected chi connectivity index (χ0v) is 11.1. The Hall–Kier alpha value is -1.78. The second-order valence-electron chi connectivity index (χ2n) is 4.04. The van der Waals surface area contributed by atoms with Crippen LogP contribution in [-0.2, 0) is 14.9 Å². The fraction of sp³-hybridized carbons (Fsp3) is 0.400. The smallest absolute Gasteiger partial charge is 0.302 e. The van der Waals surface area contributed by atoms with Crippen LogP contribution in [0.1, 0.15) is 0 Å². The molecule has 8 nitrogen and oxygen atoms in total. The second-order valence-corrected chi connectivity index (χ2v) is 5.71. The highest BCUT2D eigenvalue weighted by Gasteiger charge is 2.27. The quantitative estimate of drug-likeness (QED) is 0.652. The van der Waals surface area contributed by atoms with Crippen LogP contribution in [-0.4, -0.2) is 43.9 Å². The highest BCUT2D eigenvalue weighted by molar-refractivity contribution is 7.90. The fourth-order valence-corrected chi connectivity index (χ4v) is 2.94. The molecular formula is C10H12FN3O5S. The van der Waals surface area contributed by atoms with Crippen LogP contribution < -0.4 is 4.72 Å². The molecule has 1 aliphatic rings. The molecule has 1 aromatic carbocycles. The number of benzene rings is 1. The third-order valence-electron chi connectivity index (χ3n) is 2.71. The lowest BCUT2D eigenvalue weighted by molar-refractivity contribution is -0.384. The maximum atomic E-state index is 13.0. The summed E-state index contributed by atoms with van der Waals surface area (Å²) in [6.45, 7) is 0.827. The van der Waals surface area contributed by atoms with Crippen LogP contribution >= 0.6 is 0 Å². The van der Waals surface area contributed by atoms with Gasteiger partial charge in [0, 0.05) is 13.1 Å². The van der Waals surface area contributed by atoms with Gasteiger partial charge in [-0.3, -0.25) is 14.8 Å². The molecule has 0 amide bonds. The Bertz CT molecular complexity index is 615. The molecule has 110 valence electrons. The number of morpholine rings is 1. The first-order chi connectivity index (χ1) is 9.40. The van der Waals surface area contributed by atoms with E-state index >= 15 is 0 Å². The van der Waals surface area contributed by atoms with Gasteiger partial charge in [-0.2, -0.15) is 12.7 Å². The monoisotopic (exact) mass is 305 g/mol. The van der Waals surface area contributed by atoms with Crippen LogP contribution in [0.3, 0.4) is 0 Å². The molecule has 0 unspecified atom stereocenters. The molecule has 10 heteroatoms. The van der Waals surface area contributed by atoms with Gasteiger partial charge in [0.1, 0.15) is 11.5 Å². The Kier molecular flexibility index (Phi) is 4.16. The minimum Gasteiger partial charge on any atom is -0.379 e. The van der Waals surface area contributed by atoms with E-state index in [1.54, 1.807) is 0 Å². The van der Waals surface area contributed by atoms with Crippen molar-refractivity contribution in [1.82, 2.24) is 4.31 Å². The molecule has 1 heterocycles. The van der Waals surface area contributed by atoms with Crippen LogP contribution in [0.15, 0.2) is 18.2 Å². The molecule has 20 heavy (non-hydrogen) atoms. The van der Waals surface area contributed by atoms with Gasteiger partial charge >= 0.3 is 10.2 Å². The molecule has 1 aliphatic heterocycles. The molecule has 0 saturated carbocycles. The van der Waals surface area contributed by atoms with Crippen LogP contribution in [0.25, 0.3) is 0 Å². The Labute approximate surface area is 114 Å². The topological polar surface area (TPSA) is 102 Å². The molecule has 0 atom stereocenters. The average molecular weight is 305 g/mol. The highest BCUT2D eigenvalue weighted by atomic mass is 32.2. The maximum absolute atomic E-state index is 13.0. The number of hydrogen-bond donors (Lipinski definition) is 1. The van der Waals surface area contributed by atoms with Crippen LogP contribution in [0, 0.1) is 15.9 Å². The summed E-state index contributed by atoms with van der Waals surface area (Å²) >= 11 is 0. The number of nitro benzene ring substituents is 1. The largest absolute Gasteiger partial charge is 0.379 e. The van der Waals surface area contributed by atoms with Crippen LogP contribution in [0.2, 0.25) is 0 Å². The Balaban J connectivity index is 2.27. The lowest BCUT2D eigenvalue weighted by Gasteiger charge is -2.26. The number of hydrogen-bond acceptors (Lipinski definition) is 5. The van der Waals surface area contributed by atoms with E-state index in [0.29, 0.717) is 6.07 Å². The molecule has 0 spiro atoms. The van der Waals surface area contributed by atoms with E-state index in [-0.39, 0.29) is 32.0 Å². The lowest BCUT2D eigenvalue weighted by Crippen LogP contribution is -2.43. The van der Waals surface area contributed by atoms with E-state index in [1.165, 1.54) is 0 Å². The van der Waals surface area contributed by atoms with E-state index in [2.05, 4.69) is 4.72 Å². The fourth-order valence-electron chi connectivity index (χ4n) is 1.73. The first kappa shape index (κ1) is 14.6. The summed E-state index contributed by atoms with van der Waals surface area (Å²) in [6.07, 6.45) is 0. The zero-order chi connectivity index (χ0) is 14.8. The molecule has 2 rings (SSSR count). The first-order valence-electron chi connectivity index (χ1n) is 5.70. The normalized spacial score (nSPS) is 16.9. The Morgan fingerprint density at radius 3 is 2.60 bits per heavy atom. The number of nitrogens with one attached hydrogen (secondary N) is 1. The van der Waals surface area contributed by atoms with Gasteiger partial charge in [0.15, 0.2) is 0 Å². The van der Waals surface area contributed by atoms with Crippen molar-refractivity contribution in [2.24, 2.45) is 0 Å². The van der Waals surface area contributed by atoms with Crippen LogP contribution in [0.5, 0.6) is 0 Å². The number of anilines is 1. The molecule has 0 aliphatic carbocycles. The second kappa shape index (κ2) is 5.69.